The molecule has 2 nitrogen and oxygen atoms in total. The van der Waals surface area contributed by atoms with Crippen molar-refractivity contribution in [3.63, 3.8) is 0 Å². The Morgan fingerprint density at radius 1 is 1.26 bits per heavy atom. The number of nitrogens with one attached hydrogen (secondary N) is 1. The molecular weight excluding hydrogens is 417 g/mol. The van der Waals surface area contributed by atoms with Gasteiger partial charge in [-0.05, 0) is 64.6 Å². The van der Waals surface area contributed by atoms with Crippen molar-refractivity contribution in [1.29, 1.82) is 0 Å². The van der Waals surface area contributed by atoms with E-state index in [-0.39, 0.29) is 6.10 Å². The normalized spacial score (nSPS) is 16.8. The summed E-state index contributed by atoms with van der Waals surface area (Å²) in [5, 5.41) is 3.44. The first-order valence-electron chi connectivity index (χ1n) is 6.15. The lowest BCUT2D eigenvalue weighted by atomic mass is 10.1. The summed E-state index contributed by atoms with van der Waals surface area (Å²) in [4.78, 5) is 0. The Balaban J connectivity index is 1.62. The van der Waals surface area contributed by atoms with Gasteiger partial charge in [0.05, 0.1) is 6.54 Å². The molecule has 0 aliphatic carbocycles. The average molecular weight is 430 g/mol. The minimum Gasteiger partial charge on any atom is -0.488 e. The summed E-state index contributed by atoms with van der Waals surface area (Å²) in [7, 11) is 0. The van der Waals surface area contributed by atoms with Crippen molar-refractivity contribution in [2.75, 3.05) is 11.9 Å². The third-order valence-corrected chi connectivity index (χ3v) is 4.29. The molecule has 0 saturated heterocycles. The van der Waals surface area contributed by atoms with Crippen LogP contribution in [0.2, 0.25) is 0 Å². The Hall–Kier alpha value is -0.750. The van der Waals surface area contributed by atoms with Crippen LogP contribution in [-0.4, -0.2) is 12.6 Å². The molecule has 0 aromatic heterocycles. The van der Waals surface area contributed by atoms with E-state index in [4.69, 9.17) is 4.74 Å². The van der Waals surface area contributed by atoms with Gasteiger partial charge in [-0.25, -0.2) is 0 Å². The predicted molar refractivity (Wildman–Crippen MR) is 89.9 cm³/mol. The molecule has 4 heteroatoms. The number of benzene rings is 2. The number of ether oxygens (including phenoxy) is 1. The Kier molecular flexibility index (Phi) is 3.98. The van der Waals surface area contributed by atoms with Gasteiger partial charge in [0.1, 0.15) is 11.9 Å². The smallest absolute Gasteiger partial charge is 0.123 e. The standard InChI is InChI=1S/C15H13BrINO/c16-11-4-5-15-10(6-11)7-14(19-15)9-18-13-3-1-2-12(17)8-13/h1-6,8,14,18H,7,9H2. The third kappa shape index (κ3) is 3.23. The summed E-state index contributed by atoms with van der Waals surface area (Å²) in [5.74, 6) is 1.01. The van der Waals surface area contributed by atoms with Gasteiger partial charge in [0.2, 0.25) is 0 Å². The number of halogens is 2. The van der Waals surface area contributed by atoms with Crippen LogP contribution in [0.3, 0.4) is 0 Å². The number of anilines is 1. The maximum absolute atomic E-state index is 5.93. The fraction of sp³-hybridized carbons (Fsp3) is 0.200. The van der Waals surface area contributed by atoms with E-state index >= 15 is 0 Å². The maximum atomic E-state index is 5.93. The van der Waals surface area contributed by atoms with Crippen LogP contribution in [0.5, 0.6) is 5.75 Å². The number of hydrogen-bond acceptors (Lipinski definition) is 2. The summed E-state index contributed by atoms with van der Waals surface area (Å²) in [5.41, 5.74) is 2.43. The predicted octanol–water partition coefficient (Wildman–Crippen LogP) is 4.47. The van der Waals surface area contributed by atoms with Gasteiger partial charge in [-0.1, -0.05) is 22.0 Å². The zero-order valence-electron chi connectivity index (χ0n) is 10.2. The van der Waals surface area contributed by atoms with Crippen LogP contribution >= 0.6 is 38.5 Å². The molecule has 0 radical (unpaired) electrons. The minimum atomic E-state index is 0.210. The highest BCUT2D eigenvalue weighted by Crippen LogP contribution is 2.31. The lowest BCUT2D eigenvalue weighted by Gasteiger charge is -2.13. The van der Waals surface area contributed by atoms with Crippen molar-refractivity contribution in [3.05, 3.63) is 56.1 Å². The van der Waals surface area contributed by atoms with E-state index in [0.29, 0.717) is 0 Å². The largest absolute Gasteiger partial charge is 0.488 e. The second kappa shape index (κ2) is 5.71. The first-order chi connectivity index (χ1) is 9.20. The summed E-state index contributed by atoms with van der Waals surface area (Å²) in [6, 6.07) is 14.6. The van der Waals surface area contributed by atoms with Gasteiger partial charge >= 0.3 is 0 Å². The molecule has 1 aliphatic heterocycles. The van der Waals surface area contributed by atoms with E-state index < -0.39 is 0 Å². The lowest BCUT2D eigenvalue weighted by Crippen LogP contribution is -2.23. The van der Waals surface area contributed by atoms with Crippen LogP contribution in [0, 0.1) is 3.57 Å². The molecule has 3 rings (SSSR count). The van der Waals surface area contributed by atoms with Crippen molar-refractivity contribution in [2.24, 2.45) is 0 Å². The quantitative estimate of drug-likeness (QED) is 0.727. The van der Waals surface area contributed by atoms with Gasteiger partial charge in [-0.15, -0.1) is 0 Å². The average Bonchev–Trinajstić information content (AvgIpc) is 2.78. The van der Waals surface area contributed by atoms with E-state index in [1.54, 1.807) is 0 Å². The molecule has 1 N–H and O–H groups in total. The molecular formula is C15H13BrINO. The van der Waals surface area contributed by atoms with E-state index in [2.05, 4.69) is 74.2 Å². The lowest BCUT2D eigenvalue weighted by molar-refractivity contribution is 0.246. The van der Waals surface area contributed by atoms with E-state index in [9.17, 15) is 0 Å². The van der Waals surface area contributed by atoms with Crippen molar-refractivity contribution < 1.29 is 4.74 Å². The molecule has 0 amide bonds. The molecule has 0 saturated carbocycles. The highest BCUT2D eigenvalue weighted by Gasteiger charge is 2.22. The first kappa shape index (κ1) is 13.2. The number of hydrogen-bond donors (Lipinski definition) is 1. The molecule has 2 aromatic carbocycles. The summed E-state index contributed by atoms with van der Waals surface area (Å²) < 4.78 is 8.28. The molecule has 0 bridgehead atoms. The van der Waals surface area contributed by atoms with Gasteiger partial charge in [0.25, 0.3) is 0 Å². The monoisotopic (exact) mass is 429 g/mol. The van der Waals surface area contributed by atoms with Crippen molar-refractivity contribution >= 4 is 44.2 Å². The molecule has 1 aliphatic rings. The van der Waals surface area contributed by atoms with Crippen molar-refractivity contribution in [1.82, 2.24) is 0 Å². The molecule has 2 aromatic rings. The zero-order chi connectivity index (χ0) is 13.2. The second-order valence-electron chi connectivity index (χ2n) is 4.59. The van der Waals surface area contributed by atoms with E-state index in [1.165, 1.54) is 9.13 Å². The molecule has 98 valence electrons. The Bertz CT molecular complexity index is 602. The zero-order valence-corrected chi connectivity index (χ0v) is 13.9. The highest BCUT2D eigenvalue weighted by molar-refractivity contribution is 14.1. The van der Waals surface area contributed by atoms with E-state index in [0.717, 1.165) is 28.9 Å². The molecule has 1 atom stereocenters. The van der Waals surface area contributed by atoms with Gasteiger partial charge in [-0.3, -0.25) is 0 Å². The molecule has 19 heavy (non-hydrogen) atoms. The topological polar surface area (TPSA) is 21.3 Å². The minimum absolute atomic E-state index is 0.210. The first-order valence-corrected chi connectivity index (χ1v) is 8.02. The Labute approximate surface area is 134 Å². The van der Waals surface area contributed by atoms with Crippen LogP contribution in [0.15, 0.2) is 46.9 Å². The Morgan fingerprint density at radius 2 is 2.16 bits per heavy atom. The highest BCUT2D eigenvalue weighted by atomic mass is 127. The molecule has 0 fully saturated rings. The maximum Gasteiger partial charge on any atom is 0.123 e. The SMILES string of the molecule is Brc1ccc2c(c1)CC(CNc1cccc(I)c1)O2. The van der Waals surface area contributed by atoms with Crippen LogP contribution in [0.1, 0.15) is 5.56 Å². The summed E-state index contributed by atoms with van der Waals surface area (Å²) >= 11 is 5.82. The Morgan fingerprint density at radius 3 is 3.00 bits per heavy atom. The number of fused-ring (bicyclic) bond motifs is 1. The van der Waals surface area contributed by atoms with Crippen LogP contribution in [0.25, 0.3) is 0 Å². The fourth-order valence-electron chi connectivity index (χ4n) is 2.23. The molecule has 0 spiro atoms. The summed E-state index contributed by atoms with van der Waals surface area (Å²) in [6.45, 7) is 0.826. The second-order valence-corrected chi connectivity index (χ2v) is 6.75. The van der Waals surface area contributed by atoms with Gasteiger partial charge in [-0.2, -0.15) is 0 Å². The van der Waals surface area contributed by atoms with E-state index in [1.807, 2.05) is 12.1 Å². The molecule has 1 heterocycles. The van der Waals surface area contributed by atoms with Crippen LogP contribution in [0.4, 0.5) is 5.69 Å². The number of rotatable bonds is 3. The van der Waals surface area contributed by atoms with Gasteiger partial charge in [0.15, 0.2) is 0 Å². The third-order valence-electron chi connectivity index (χ3n) is 3.12. The summed E-state index contributed by atoms with van der Waals surface area (Å²) in [6.07, 6.45) is 1.17. The van der Waals surface area contributed by atoms with Crippen molar-refractivity contribution in [3.8, 4) is 5.75 Å². The van der Waals surface area contributed by atoms with Gasteiger partial charge < -0.3 is 10.1 Å². The van der Waals surface area contributed by atoms with Crippen LogP contribution in [-0.2, 0) is 6.42 Å². The molecule has 1 unspecified atom stereocenters. The van der Waals surface area contributed by atoms with Crippen LogP contribution < -0.4 is 10.1 Å². The van der Waals surface area contributed by atoms with Gasteiger partial charge in [0, 0.05) is 20.2 Å². The van der Waals surface area contributed by atoms with Crippen molar-refractivity contribution in [2.45, 2.75) is 12.5 Å². The fourth-order valence-corrected chi connectivity index (χ4v) is 3.18.